The summed E-state index contributed by atoms with van der Waals surface area (Å²) in [4.78, 5) is -0.178. The minimum Gasteiger partial charge on any atom is -0.744 e. The standard InChI is InChI=1S/C11H14N.C7H8O3S/c1-9-11-6-4-3-5-10(11)7-8-12(9)2;1-6-2-4-7(5-3-6)11(8,9)10/h3-6H,7-8H2,1-2H3;2-5H,1H3,(H,8,9,10)/q+1;/p-1. The lowest BCUT2D eigenvalue weighted by atomic mass is 9.98. The van der Waals surface area contributed by atoms with E-state index in [-0.39, 0.29) is 4.90 Å². The molecule has 0 atom stereocenters. The van der Waals surface area contributed by atoms with Crippen molar-refractivity contribution in [1.29, 1.82) is 0 Å². The second-order valence-electron chi connectivity index (χ2n) is 5.68. The van der Waals surface area contributed by atoms with Crippen LogP contribution in [0.25, 0.3) is 0 Å². The first-order chi connectivity index (χ1) is 10.8. The van der Waals surface area contributed by atoms with Crippen LogP contribution in [0.15, 0.2) is 53.4 Å². The summed E-state index contributed by atoms with van der Waals surface area (Å²) in [6.45, 7) is 5.17. The first kappa shape index (κ1) is 17.4. The smallest absolute Gasteiger partial charge is 0.180 e. The van der Waals surface area contributed by atoms with Gasteiger partial charge in [-0.25, -0.2) is 13.0 Å². The minimum absolute atomic E-state index is 0.178. The second kappa shape index (κ2) is 7.06. The molecule has 0 unspecified atom stereocenters. The Balaban J connectivity index is 0.000000168. The Kier molecular flexibility index (Phi) is 5.34. The monoisotopic (exact) mass is 331 g/mol. The molecule has 122 valence electrons. The molecule has 0 bridgehead atoms. The highest BCUT2D eigenvalue weighted by molar-refractivity contribution is 7.85. The van der Waals surface area contributed by atoms with Gasteiger partial charge in [0.25, 0.3) is 0 Å². The molecule has 2 aromatic rings. The zero-order chi connectivity index (χ0) is 17.0. The Morgan fingerprint density at radius 2 is 1.61 bits per heavy atom. The van der Waals surface area contributed by atoms with E-state index in [2.05, 4.69) is 42.8 Å². The average Bonchev–Trinajstić information content (AvgIpc) is 2.51. The molecule has 2 aromatic carbocycles. The van der Waals surface area contributed by atoms with E-state index in [9.17, 15) is 13.0 Å². The molecule has 0 radical (unpaired) electrons. The third-order valence-electron chi connectivity index (χ3n) is 4.01. The molecule has 0 aliphatic carbocycles. The number of hydrogen-bond acceptors (Lipinski definition) is 3. The SMILES string of the molecule is CC1=[N+](C)CCc2ccccc21.Cc1ccc(S(=O)(=O)[O-])cc1. The van der Waals surface area contributed by atoms with Gasteiger partial charge in [0.05, 0.1) is 4.90 Å². The summed E-state index contributed by atoms with van der Waals surface area (Å²) < 4.78 is 33.5. The van der Waals surface area contributed by atoms with Gasteiger partial charge in [-0.3, -0.25) is 0 Å². The Morgan fingerprint density at radius 1 is 1.00 bits per heavy atom. The lowest BCUT2D eigenvalue weighted by Crippen LogP contribution is -2.24. The van der Waals surface area contributed by atoms with Crippen LogP contribution in [0, 0.1) is 6.92 Å². The zero-order valence-corrected chi connectivity index (χ0v) is 14.4. The van der Waals surface area contributed by atoms with Crippen LogP contribution in [0.4, 0.5) is 0 Å². The maximum atomic E-state index is 10.4. The first-order valence-corrected chi connectivity index (χ1v) is 8.85. The van der Waals surface area contributed by atoms with Crippen LogP contribution in [0.1, 0.15) is 23.6 Å². The van der Waals surface area contributed by atoms with Crippen molar-refractivity contribution in [3.05, 3.63) is 65.2 Å². The molecule has 0 saturated heterocycles. The average molecular weight is 331 g/mol. The van der Waals surface area contributed by atoms with E-state index in [1.807, 2.05) is 6.92 Å². The molecule has 1 aliphatic heterocycles. The predicted molar refractivity (Wildman–Crippen MR) is 90.1 cm³/mol. The fraction of sp³-hybridized carbons (Fsp3) is 0.278. The number of aryl methyl sites for hydroxylation is 1. The number of nitrogens with zero attached hydrogens (tertiary/aromatic N) is 1. The van der Waals surface area contributed by atoms with Gasteiger partial charge in [-0.1, -0.05) is 35.9 Å². The lowest BCUT2D eigenvalue weighted by molar-refractivity contribution is -0.498. The van der Waals surface area contributed by atoms with Crippen LogP contribution >= 0.6 is 0 Å². The highest BCUT2D eigenvalue weighted by Gasteiger charge is 2.17. The van der Waals surface area contributed by atoms with Crippen molar-refractivity contribution >= 4 is 15.8 Å². The first-order valence-electron chi connectivity index (χ1n) is 7.44. The van der Waals surface area contributed by atoms with Gasteiger partial charge in [0.1, 0.15) is 23.7 Å². The summed E-state index contributed by atoms with van der Waals surface area (Å²) in [6, 6.07) is 14.5. The molecule has 0 N–H and O–H groups in total. The lowest BCUT2D eigenvalue weighted by Gasteiger charge is -2.13. The molecule has 23 heavy (non-hydrogen) atoms. The molecule has 1 aliphatic rings. The van der Waals surface area contributed by atoms with Crippen LogP contribution in [0.3, 0.4) is 0 Å². The highest BCUT2D eigenvalue weighted by atomic mass is 32.2. The minimum atomic E-state index is -4.27. The van der Waals surface area contributed by atoms with Gasteiger partial charge in [-0.15, -0.1) is 0 Å². The molecule has 0 saturated carbocycles. The normalized spacial score (nSPS) is 13.9. The largest absolute Gasteiger partial charge is 0.744 e. The van der Waals surface area contributed by atoms with E-state index in [1.54, 1.807) is 12.1 Å². The van der Waals surface area contributed by atoms with Gasteiger partial charge in [0, 0.05) is 18.9 Å². The maximum Gasteiger partial charge on any atom is 0.180 e. The topological polar surface area (TPSA) is 60.2 Å². The summed E-state index contributed by atoms with van der Waals surface area (Å²) in [6.07, 6.45) is 1.18. The molecule has 0 aromatic heterocycles. The summed E-state index contributed by atoms with van der Waals surface area (Å²) in [5.41, 5.74) is 5.24. The van der Waals surface area contributed by atoms with Crippen molar-refractivity contribution in [2.75, 3.05) is 13.6 Å². The van der Waals surface area contributed by atoms with Crippen molar-refractivity contribution in [2.45, 2.75) is 25.2 Å². The van der Waals surface area contributed by atoms with Crippen molar-refractivity contribution in [2.24, 2.45) is 0 Å². The Hall–Kier alpha value is -1.98. The fourth-order valence-corrected chi connectivity index (χ4v) is 2.93. The van der Waals surface area contributed by atoms with Crippen LogP contribution in [-0.2, 0) is 16.5 Å². The summed E-state index contributed by atoms with van der Waals surface area (Å²) in [5, 5.41) is 0. The molecule has 0 amide bonds. The van der Waals surface area contributed by atoms with Crippen LogP contribution < -0.4 is 0 Å². The molecule has 0 fully saturated rings. The van der Waals surface area contributed by atoms with Crippen molar-refractivity contribution in [1.82, 2.24) is 0 Å². The third kappa shape index (κ3) is 4.50. The van der Waals surface area contributed by atoms with Crippen LogP contribution in [0.5, 0.6) is 0 Å². The predicted octanol–water partition coefficient (Wildman–Crippen LogP) is 2.59. The van der Waals surface area contributed by atoms with Crippen LogP contribution in [-0.4, -0.2) is 36.9 Å². The van der Waals surface area contributed by atoms with Gasteiger partial charge in [0.15, 0.2) is 5.71 Å². The number of rotatable bonds is 1. The fourth-order valence-electron chi connectivity index (χ4n) is 2.46. The van der Waals surface area contributed by atoms with Gasteiger partial charge in [0.2, 0.25) is 0 Å². The second-order valence-corrected chi connectivity index (χ2v) is 7.06. The Morgan fingerprint density at radius 3 is 2.22 bits per heavy atom. The third-order valence-corrected chi connectivity index (χ3v) is 4.86. The van der Waals surface area contributed by atoms with E-state index >= 15 is 0 Å². The van der Waals surface area contributed by atoms with Gasteiger partial charge in [-0.05, 0) is 30.7 Å². The molecular formula is C18H21NO3S. The number of likely N-dealkylation sites (N-methyl/N-ethyl adjacent to an activating group) is 1. The Bertz CT molecular complexity index is 822. The summed E-state index contributed by atoms with van der Waals surface area (Å²) in [7, 11) is -2.11. The summed E-state index contributed by atoms with van der Waals surface area (Å²) in [5.74, 6) is 0. The van der Waals surface area contributed by atoms with Gasteiger partial charge in [-0.2, -0.15) is 0 Å². The van der Waals surface area contributed by atoms with E-state index in [0.29, 0.717) is 0 Å². The van der Waals surface area contributed by atoms with Gasteiger partial charge < -0.3 is 4.55 Å². The number of benzene rings is 2. The van der Waals surface area contributed by atoms with Crippen LogP contribution in [0.2, 0.25) is 0 Å². The number of fused-ring (bicyclic) bond motifs is 1. The molecule has 4 nitrogen and oxygen atoms in total. The number of hydrogen-bond donors (Lipinski definition) is 0. The van der Waals surface area contributed by atoms with Crippen molar-refractivity contribution in [3.63, 3.8) is 0 Å². The molecule has 1 heterocycles. The van der Waals surface area contributed by atoms with Crippen molar-refractivity contribution < 1.29 is 17.5 Å². The zero-order valence-electron chi connectivity index (χ0n) is 13.6. The molecule has 0 spiro atoms. The van der Waals surface area contributed by atoms with E-state index in [0.717, 1.165) is 12.1 Å². The van der Waals surface area contributed by atoms with E-state index in [4.69, 9.17) is 0 Å². The van der Waals surface area contributed by atoms with E-state index in [1.165, 1.54) is 35.4 Å². The summed E-state index contributed by atoms with van der Waals surface area (Å²) >= 11 is 0. The maximum absolute atomic E-state index is 10.4. The molecule has 5 heteroatoms. The molecular weight excluding hydrogens is 310 g/mol. The quantitative estimate of drug-likeness (QED) is 0.596. The van der Waals surface area contributed by atoms with E-state index < -0.39 is 10.1 Å². The van der Waals surface area contributed by atoms with Gasteiger partial charge >= 0.3 is 0 Å². The van der Waals surface area contributed by atoms with Crippen molar-refractivity contribution in [3.8, 4) is 0 Å². The highest BCUT2D eigenvalue weighted by Crippen LogP contribution is 2.14. The Labute approximate surface area is 137 Å². The molecule has 3 rings (SSSR count).